The first-order valence-corrected chi connectivity index (χ1v) is 10.5. The standard InChI is InChI=1S/C22H25NO6/c1-12(24)27-18-15-11-14-16(20(25)28-19(14)18)17(15)21(26)29-22(7-9-23-10-8-22)13-5-3-2-4-6-13/h2-6,14-19,23H,7-11H2,1H3/p+1. The van der Waals surface area contributed by atoms with Crippen LogP contribution in [0.15, 0.2) is 30.3 Å². The van der Waals surface area contributed by atoms with Gasteiger partial charge in [0, 0.05) is 31.6 Å². The van der Waals surface area contributed by atoms with E-state index in [-0.39, 0.29) is 23.8 Å². The lowest BCUT2D eigenvalue weighted by molar-refractivity contribution is -0.668. The van der Waals surface area contributed by atoms with Crippen LogP contribution in [0.5, 0.6) is 0 Å². The van der Waals surface area contributed by atoms with Crippen molar-refractivity contribution in [3.05, 3.63) is 35.9 Å². The second-order valence-electron chi connectivity index (χ2n) is 8.74. The Morgan fingerprint density at radius 1 is 1.14 bits per heavy atom. The van der Waals surface area contributed by atoms with E-state index in [0.29, 0.717) is 6.42 Å². The molecule has 0 radical (unpaired) electrons. The summed E-state index contributed by atoms with van der Waals surface area (Å²) >= 11 is 0. The summed E-state index contributed by atoms with van der Waals surface area (Å²) in [6.07, 6.45) is 1.15. The molecule has 0 amide bonds. The lowest BCUT2D eigenvalue weighted by Gasteiger charge is -2.38. The Morgan fingerprint density at radius 2 is 1.86 bits per heavy atom. The van der Waals surface area contributed by atoms with Gasteiger partial charge in [-0.25, -0.2) is 0 Å². The molecule has 0 spiro atoms. The fraction of sp³-hybridized carbons (Fsp3) is 0.591. The second kappa shape index (κ2) is 6.83. The van der Waals surface area contributed by atoms with Crippen LogP contribution in [-0.4, -0.2) is 43.2 Å². The summed E-state index contributed by atoms with van der Waals surface area (Å²) in [6, 6.07) is 9.86. The molecule has 6 atom stereocenters. The third-order valence-corrected chi connectivity index (χ3v) is 7.22. The van der Waals surface area contributed by atoms with E-state index in [1.165, 1.54) is 6.92 Å². The quantitative estimate of drug-likeness (QED) is 0.585. The SMILES string of the molecule is CC(=O)OC1C2CC3C1OC(=O)C3C2C(=O)OC1(c2ccccc2)CC[NH2+]CC1. The number of benzene rings is 1. The van der Waals surface area contributed by atoms with Crippen LogP contribution in [0.2, 0.25) is 0 Å². The molecule has 4 fully saturated rings. The van der Waals surface area contributed by atoms with E-state index in [1.54, 1.807) is 0 Å². The van der Waals surface area contributed by atoms with Gasteiger partial charge < -0.3 is 19.5 Å². The number of quaternary nitrogens is 1. The first kappa shape index (κ1) is 18.6. The summed E-state index contributed by atoms with van der Waals surface area (Å²) in [4.78, 5) is 37.6. The Bertz CT molecular complexity index is 833. The maximum Gasteiger partial charge on any atom is 0.311 e. The largest absolute Gasteiger partial charge is 0.458 e. The molecule has 1 aromatic rings. The Kier molecular flexibility index (Phi) is 4.38. The number of piperidine rings is 1. The van der Waals surface area contributed by atoms with E-state index in [2.05, 4.69) is 5.32 Å². The fourth-order valence-corrected chi connectivity index (χ4v) is 6.05. The van der Waals surface area contributed by atoms with Crippen LogP contribution in [0, 0.1) is 23.7 Å². The van der Waals surface area contributed by atoms with Gasteiger partial charge in [-0.1, -0.05) is 30.3 Å². The zero-order valence-electron chi connectivity index (χ0n) is 16.4. The van der Waals surface area contributed by atoms with Crippen LogP contribution in [0.3, 0.4) is 0 Å². The van der Waals surface area contributed by atoms with E-state index in [4.69, 9.17) is 14.2 Å². The number of rotatable bonds is 4. The molecule has 29 heavy (non-hydrogen) atoms. The number of hydrogen-bond donors (Lipinski definition) is 1. The third kappa shape index (κ3) is 2.86. The van der Waals surface area contributed by atoms with Gasteiger partial charge in [0.25, 0.3) is 0 Å². The highest BCUT2D eigenvalue weighted by atomic mass is 16.6. The third-order valence-electron chi connectivity index (χ3n) is 7.22. The van der Waals surface area contributed by atoms with Crippen molar-refractivity contribution in [1.82, 2.24) is 0 Å². The molecule has 2 aliphatic heterocycles. The topological polar surface area (TPSA) is 95.5 Å². The van der Waals surface area contributed by atoms with Gasteiger partial charge in [0.2, 0.25) is 0 Å². The van der Waals surface area contributed by atoms with Crippen molar-refractivity contribution in [3.63, 3.8) is 0 Å². The minimum absolute atomic E-state index is 0.0678. The minimum atomic E-state index is -0.673. The molecule has 7 heteroatoms. The number of nitrogens with two attached hydrogens (primary N) is 1. The zero-order valence-corrected chi connectivity index (χ0v) is 16.4. The van der Waals surface area contributed by atoms with Crippen molar-refractivity contribution in [2.24, 2.45) is 23.7 Å². The Morgan fingerprint density at radius 3 is 2.55 bits per heavy atom. The first-order chi connectivity index (χ1) is 14.0. The van der Waals surface area contributed by atoms with Gasteiger partial charge in [0.1, 0.15) is 17.8 Å². The highest BCUT2D eigenvalue weighted by Crippen LogP contribution is 2.59. The van der Waals surface area contributed by atoms with Crippen molar-refractivity contribution >= 4 is 17.9 Å². The molecule has 0 aromatic heterocycles. The van der Waals surface area contributed by atoms with Crippen molar-refractivity contribution in [2.45, 2.75) is 44.0 Å². The van der Waals surface area contributed by atoms with Crippen LogP contribution >= 0.6 is 0 Å². The van der Waals surface area contributed by atoms with Gasteiger partial charge >= 0.3 is 17.9 Å². The Labute approximate surface area is 169 Å². The van der Waals surface area contributed by atoms with Crippen molar-refractivity contribution < 1.29 is 33.9 Å². The number of carbonyl (C=O) groups is 3. The Balaban J connectivity index is 1.44. The molecule has 2 aliphatic carbocycles. The Hall–Kier alpha value is -2.41. The zero-order chi connectivity index (χ0) is 20.2. The summed E-state index contributed by atoms with van der Waals surface area (Å²) in [7, 11) is 0. The van der Waals surface area contributed by atoms with Crippen LogP contribution < -0.4 is 5.32 Å². The van der Waals surface area contributed by atoms with Crippen LogP contribution in [0.1, 0.15) is 31.7 Å². The van der Waals surface area contributed by atoms with Gasteiger partial charge in [0.05, 0.1) is 24.9 Å². The molecule has 6 unspecified atom stereocenters. The molecule has 7 nitrogen and oxygen atoms in total. The molecule has 1 aromatic carbocycles. The number of hydrogen-bond acceptors (Lipinski definition) is 6. The van der Waals surface area contributed by atoms with Gasteiger partial charge in [0.15, 0.2) is 0 Å². The van der Waals surface area contributed by atoms with Crippen LogP contribution in [-0.2, 0) is 34.2 Å². The first-order valence-electron chi connectivity index (χ1n) is 10.5. The highest BCUT2D eigenvalue weighted by Gasteiger charge is 2.70. The number of esters is 3. The normalized spacial score (nSPS) is 36.5. The van der Waals surface area contributed by atoms with E-state index in [1.807, 2.05) is 30.3 Å². The highest BCUT2D eigenvalue weighted by molar-refractivity contribution is 5.86. The molecule has 2 heterocycles. The van der Waals surface area contributed by atoms with Crippen molar-refractivity contribution in [3.8, 4) is 0 Å². The van der Waals surface area contributed by atoms with Gasteiger partial charge in [-0.15, -0.1) is 0 Å². The number of ether oxygens (including phenoxy) is 3. The van der Waals surface area contributed by atoms with E-state index >= 15 is 0 Å². The monoisotopic (exact) mass is 400 g/mol. The predicted molar refractivity (Wildman–Crippen MR) is 99.1 cm³/mol. The van der Waals surface area contributed by atoms with Crippen LogP contribution in [0.4, 0.5) is 0 Å². The van der Waals surface area contributed by atoms with Crippen molar-refractivity contribution in [1.29, 1.82) is 0 Å². The molecule has 2 saturated carbocycles. The van der Waals surface area contributed by atoms with E-state index in [0.717, 1.165) is 31.5 Å². The number of fused-ring (bicyclic) bond motifs is 1. The summed E-state index contributed by atoms with van der Waals surface area (Å²) in [5.41, 5.74) is 0.321. The molecule has 4 aliphatic rings. The maximum atomic E-state index is 13.5. The molecular formula is C22H26NO6+. The molecule has 5 rings (SSSR count). The number of carbonyl (C=O) groups excluding carboxylic acids is 3. The molecule has 2 bridgehead atoms. The summed E-state index contributed by atoms with van der Waals surface area (Å²) < 4.78 is 17.2. The fourth-order valence-electron chi connectivity index (χ4n) is 6.05. The van der Waals surface area contributed by atoms with Gasteiger partial charge in [-0.05, 0) is 12.0 Å². The lowest BCUT2D eigenvalue weighted by atomic mass is 9.78. The molecule has 2 N–H and O–H groups in total. The van der Waals surface area contributed by atoms with E-state index < -0.39 is 35.6 Å². The molecule has 154 valence electrons. The summed E-state index contributed by atoms with van der Waals surface area (Å²) in [6.45, 7) is 3.10. The summed E-state index contributed by atoms with van der Waals surface area (Å²) in [5.74, 6) is -2.51. The lowest BCUT2D eigenvalue weighted by Crippen LogP contribution is -2.87. The van der Waals surface area contributed by atoms with E-state index in [9.17, 15) is 14.4 Å². The second-order valence-corrected chi connectivity index (χ2v) is 8.74. The predicted octanol–water partition coefficient (Wildman–Crippen LogP) is 0.522. The van der Waals surface area contributed by atoms with Crippen molar-refractivity contribution in [2.75, 3.05) is 13.1 Å². The summed E-state index contributed by atoms with van der Waals surface area (Å²) in [5, 5.41) is 2.22. The van der Waals surface area contributed by atoms with Crippen LogP contribution in [0.25, 0.3) is 0 Å². The molecule has 2 saturated heterocycles. The smallest absolute Gasteiger partial charge is 0.311 e. The molecular weight excluding hydrogens is 374 g/mol. The average molecular weight is 400 g/mol. The van der Waals surface area contributed by atoms with Gasteiger partial charge in [-0.3, -0.25) is 14.4 Å². The average Bonchev–Trinajstić information content (AvgIpc) is 3.33. The van der Waals surface area contributed by atoms with Gasteiger partial charge in [-0.2, -0.15) is 0 Å². The maximum absolute atomic E-state index is 13.5. The minimum Gasteiger partial charge on any atom is -0.458 e.